The van der Waals surface area contributed by atoms with Crippen LogP contribution in [0.15, 0.2) is 72.3 Å². The number of ether oxygens (including phenoxy) is 1. The van der Waals surface area contributed by atoms with Crippen LogP contribution in [0.25, 0.3) is 22.4 Å². The van der Waals surface area contributed by atoms with Crippen LogP contribution in [0.2, 0.25) is 0 Å². The van der Waals surface area contributed by atoms with Crippen molar-refractivity contribution in [2.75, 3.05) is 6.61 Å². The molecule has 0 saturated heterocycles. The first-order valence-corrected chi connectivity index (χ1v) is 9.25. The van der Waals surface area contributed by atoms with E-state index >= 15 is 0 Å². The molecule has 0 fully saturated rings. The Morgan fingerprint density at radius 1 is 1.21 bits per heavy atom. The zero-order valence-electron chi connectivity index (χ0n) is 15.4. The topological polar surface area (TPSA) is 61.2 Å². The molecular formula is C23H20N2O3. The Hall–Kier alpha value is -3.47. The van der Waals surface area contributed by atoms with Gasteiger partial charge in [-0.2, -0.15) is 0 Å². The fraction of sp³-hybridized carbons (Fsp3) is 0.174. The number of fused-ring (bicyclic) bond motifs is 3. The average molecular weight is 372 g/mol. The highest BCUT2D eigenvalue weighted by Gasteiger charge is 2.25. The van der Waals surface area contributed by atoms with Crippen molar-refractivity contribution in [3.63, 3.8) is 0 Å². The number of hydrogen-bond acceptors (Lipinski definition) is 4. The number of carbonyl (C=O) groups excluding carboxylic acids is 1. The van der Waals surface area contributed by atoms with Gasteiger partial charge in [-0.15, -0.1) is 0 Å². The number of aryl methyl sites for hydroxylation is 1. The summed E-state index contributed by atoms with van der Waals surface area (Å²) in [6.07, 6.45) is 6.72. The molecule has 140 valence electrons. The first kappa shape index (κ1) is 17.9. The highest BCUT2D eigenvalue weighted by molar-refractivity contribution is 5.93. The highest BCUT2D eigenvalue weighted by atomic mass is 16.5. The second kappa shape index (κ2) is 7.64. The molecule has 1 aliphatic heterocycles. The Kier molecular flexibility index (Phi) is 4.89. The largest absolute Gasteiger partial charge is 0.458 e. The lowest BCUT2D eigenvalue weighted by Crippen LogP contribution is -2.29. The molecular weight excluding hydrogens is 352 g/mol. The molecule has 0 bridgehead atoms. The molecule has 4 rings (SSSR count). The Morgan fingerprint density at radius 2 is 2.04 bits per heavy atom. The third-order valence-electron chi connectivity index (χ3n) is 4.92. The summed E-state index contributed by atoms with van der Waals surface area (Å²) in [5.74, 6) is -0.631. The van der Waals surface area contributed by atoms with E-state index in [1.54, 1.807) is 23.0 Å². The number of esters is 1. The highest BCUT2D eigenvalue weighted by Crippen LogP contribution is 2.35. The molecule has 0 unspecified atom stereocenters. The lowest BCUT2D eigenvalue weighted by Gasteiger charge is -2.18. The number of nitrogens with zero attached hydrogens (tertiary/aromatic N) is 2. The van der Waals surface area contributed by atoms with Crippen molar-refractivity contribution in [3.05, 3.63) is 89.0 Å². The third-order valence-corrected chi connectivity index (χ3v) is 4.92. The molecule has 0 N–H and O–H groups in total. The van der Waals surface area contributed by atoms with Crippen LogP contribution in [0.5, 0.6) is 0 Å². The van der Waals surface area contributed by atoms with Gasteiger partial charge in [0, 0.05) is 30.1 Å². The summed E-state index contributed by atoms with van der Waals surface area (Å²) in [4.78, 5) is 30.0. The summed E-state index contributed by atoms with van der Waals surface area (Å²) in [6.45, 7) is 4.15. The van der Waals surface area contributed by atoms with Gasteiger partial charge in [0.05, 0.1) is 5.69 Å². The minimum absolute atomic E-state index is 0.0387. The van der Waals surface area contributed by atoms with Crippen molar-refractivity contribution in [2.45, 2.75) is 19.4 Å². The van der Waals surface area contributed by atoms with Crippen LogP contribution in [-0.2, 0) is 17.7 Å². The summed E-state index contributed by atoms with van der Waals surface area (Å²) < 4.78 is 6.85. The lowest BCUT2D eigenvalue weighted by molar-refractivity contribution is 0.0547. The maximum absolute atomic E-state index is 13.2. The molecule has 1 aromatic carbocycles. The van der Waals surface area contributed by atoms with Crippen molar-refractivity contribution >= 4 is 5.97 Å². The second-order valence-corrected chi connectivity index (χ2v) is 6.67. The Morgan fingerprint density at radius 3 is 2.82 bits per heavy atom. The van der Waals surface area contributed by atoms with Gasteiger partial charge in [0.15, 0.2) is 0 Å². The molecule has 5 nitrogen and oxygen atoms in total. The Labute approximate surface area is 162 Å². The van der Waals surface area contributed by atoms with Gasteiger partial charge >= 0.3 is 5.97 Å². The second-order valence-electron chi connectivity index (χ2n) is 6.67. The van der Waals surface area contributed by atoms with Gasteiger partial charge in [-0.3, -0.25) is 9.78 Å². The maximum atomic E-state index is 13.2. The van der Waals surface area contributed by atoms with E-state index in [0.29, 0.717) is 6.54 Å². The molecule has 3 heterocycles. The molecule has 0 aliphatic carbocycles. The Balaban J connectivity index is 2.03. The Bertz CT molecular complexity index is 1100. The first-order valence-electron chi connectivity index (χ1n) is 9.25. The fourth-order valence-electron chi connectivity index (χ4n) is 3.65. The zero-order chi connectivity index (χ0) is 19.5. The molecule has 1 aliphatic rings. The predicted octanol–water partition coefficient (Wildman–Crippen LogP) is 3.87. The van der Waals surface area contributed by atoms with E-state index in [1.807, 2.05) is 36.4 Å². The number of benzene rings is 1. The van der Waals surface area contributed by atoms with Crippen LogP contribution < -0.4 is 5.56 Å². The van der Waals surface area contributed by atoms with Gasteiger partial charge in [0.1, 0.15) is 12.2 Å². The standard InChI is InChI=1S/C23H20N2O3/c1-2-13-28-23(27)19-14-18(16-7-4-3-5-8-16)21-20-15-24-11-10-17(20)9-6-12-25(21)22(19)26/h2-5,7-8,10-11,14-15H,1,6,9,12-13H2. The molecule has 28 heavy (non-hydrogen) atoms. The van der Waals surface area contributed by atoms with E-state index in [-0.39, 0.29) is 17.7 Å². The molecule has 3 aromatic rings. The molecule has 5 heteroatoms. The van der Waals surface area contributed by atoms with Crippen LogP contribution in [0.1, 0.15) is 22.3 Å². The van der Waals surface area contributed by atoms with Crippen LogP contribution >= 0.6 is 0 Å². The third kappa shape index (κ3) is 3.16. The summed E-state index contributed by atoms with van der Waals surface area (Å²) in [6, 6.07) is 13.4. The number of pyridine rings is 2. The molecule has 0 saturated carbocycles. The lowest BCUT2D eigenvalue weighted by atomic mass is 9.95. The van der Waals surface area contributed by atoms with E-state index in [2.05, 4.69) is 11.6 Å². The van der Waals surface area contributed by atoms with Crippen LogP contribution in [-0.4, -0.2) is 22.1 Å². The van der Waals surface area contributed by atoms with E-state index in [1.165, 1.54) is 6.08 Å². The smallest absolute Gasteiger partial charge is 0.344 e. The van der Waals surface area contributed by atoms with Crippen molar-refractivity contribution in [2.24, 2.45) is 0 Å². The van der Waals surface area contributed by atoms with Gasteiger partial charge in [-0.25, -0.2) is 4.79 Å². The first-order chi connectivity index (χ1) is 13.7. The maximum Gasteiger partial charge on any atom is 0.344 e. The summed E-state index contributed by atoms with van der Waals surface area (Å²) in [7, 11) is 0. The number of rotatable bonds is 4. The monoisotopic (exact) mass is 372 g/mol. The van der Waals surface area contributed by atoms with Crippen LogP contribution in [0.3, 0.4) is 0 Å². The van der Waals surface area contributed by atoms with Gasteiger partial charge < -0.3 is 9.30 Å². The van der Waals surface area contributed by atoms with E-state index in [4.69, 9.17) is 4.74 Å². The van der Waals surface area contributed by atoms with Crippen molar-refractivity contribution in [1.29, 1.82) is 0 Å². The zero-order valence-corrected chi connectivity index (χ0v) is 15.4. The minimum atomic E-state index is -0.631. The molecule has 0 spiro atoms. The number of hydrogen-bond donors (Lipinski definition) is 0. The van der Waals surface area contributed by atoms with Gasteiger partial charge in [0.25, 0.3) is 5.56 Å². The van der Waals surface area contributed by atoms with Crippen LogP contribution in [0, 0.1) is 0 Å². The summed E-state index contributed by atoms with van der Waals surface area (Å²) in [5.41, 5.74) is 4.35. The van der Waals surface area contributed by atoms with E-state index < -0.39 is 5.97 Å². The van der Waals surface area contributed by atoms with Gasteiger partial charge in [0.2, 0.25) is 0 Å². The summed E-state index contributed by atoms with van der Waals surface area (Å²) in [5, 5.41) is 0. The number of carbonyl (C=O) groups is 1. The minimum Gasteiger partial charge on any atom is -0.458 e. The van der Waals surface area contributed by atoms with E-state index in [9.17, 15) is 9.59 Å². The molecule has 0 atom stereocenters. The normalized spacial score (nSPS) is 12.4. The van der Waals surface area contributed by atoms with Gasteiger partial charge in [-0.05, 0) is 36.1 Å². The summed E-state index contributed by atoms with van der Waals surface area (Å²) >= 11 is 0. The SMILES string of the molecule is C=CCOC(=O)c1cc(-c2ccccc2)c2n(c1=O)CCCc1ccncc1-2. The van der Waals surface area contributed by atoms with Gasteiger partial charge in [-0.1, -0.05) is 43.0 Å². The molecule has 0 radical (unpaired) electrons. The van der Waals surface area contributed by atoms with Crippen molar-refractivity contribution in [1.82, 2.24) is 9.55 Å². The quantitative estimate of drug-likeness (QED) is 0.515. The predicted molar refractivity (Wildman–Crippen MR) is 108 cm³/mol. The number of aromatic nitrogens is 2. The average Bonchev–Trinajstić information content (AvgIpc) is 2.93. The van der Waals surface area contributed by atoms with Crippen molar-refractivity contribution < 1.29 is 9.53 Å². The van der Waals surface area contributed by atoms with Crippen molar-refractivity contribution in [3.8, 4) is 22.4 Å². The molecule has 0 amide bonds. The van der Waals surface area contributed by atoms with E-state index in [0.717, 1.165) is 40.8 Å². The fourth-order valence-corrected chi connectivity index (χ4v) is 3.65. The molecule has 2 aromatic heterocycles. The van der Waals surface area contributed by atoms with Crippen LogP contribution in [0.4, 0.5) is 0 Å².